The first-order valence-corrected chi connectivity index (χ1v) is 7.46. The van der Waals surface area contributed by atoms with Crippen LogP contribution in [0.25, 0.3) is 10.9 Å². The van der Waals surface area contributed by atoms with Gasteiger partial charge in [-0.1, -0.05) is 18.2 Å². The molecular formula is C18H14F2N2O. The number of amides is 1. The van der Waals surface area contributed by atoms with E-state index in [0.29, 0.717) is 13.1 Å². The summed E-state index contributed by atoms with van der Waals surface area (Å²) in [6.45, 7) is 1.02. The molecule has 1 aliphatic heterocycles. The number of halogens is 2. The molecule has 23 heavy (non-hydrogen) atoms. The number of aromatic amines is 1. The van der Waals surface area contributed by atoms with Crippen molar-refractivity contribution in [3.8, 4) is 0 Å². The van der Waals surface area contributed by atoms with Crippen LogP contribution >= 0.6 is 0 Å². The van der Waals surface area contributed by atoms with Gasteiger partial charge in [0.15, 0.2) is 11.6 Å². The standard InChI is InChI=1S/C18H14F2N2O/c19-14-6-5-11(9-15(14)20)18(23)22-8-7-17-13(10-22)12-3-1-2-4-16(12)21-17/h1-6,9,21H,7-8,10H2. The number of rotatable bonds is 1. The summed E-state index contributed by atoms with van der Waals surface area (Å²) >= 11 is 0. The van der Waals surface area contributed by atoms with E-state index in [1.807, 2.05) is 24.3 Å². The lowest BCUT2D eigenvalue weighted by molar-refractivity contribution is 0.0734. The molecule has 1 aliphatic rings. The Bertz CT molecular complexity index is 917. The summed E-state index contributed by atoms with van der Waals surface area (Å²) in [6, 6.07) is 11.2. The van der Waals surface area contributed by atoms with Gasteiger partial charge < -0.3 is 9.88 Å². The quantitative estimate of drug-likeness (QED) is 0.731. The lowest BCUT2D eigenvalue weighted by Crippen LogP contribution is -2.35. The first-order valence-electron chi connectivity index (χ1n) is 7.46. The number of carbonyl (C=O) groups excluding carboxylic acids is 1. The van der Waals surface area contributed by atoms with Crippen molar-refractivity contribution >= 4 is 16.8 Å². The monoisotopic (exact) mass is 312 g/mol. The van der Waals surface area contributed by atoms with Crippen LogP contribution in [0.15, 0.2) is 42.5 Å². The highest BCUT2D eigenvalue weighted by molar-refractivity contribution is 5.95. The number of H-pyrrole nitrogens is 1. The second kappa shape index (κ2) is 5.19. The van der Waals surface area contributed by atoms with Crippen molar-refractivity contribution in [1.82, 2.24) is 9.88 Å². The van der Waals surface area contributed by atoms with Gasteiger partial charge in [-0.05, 0) is 24.3 Å². The third-order valence-electron chi connectivity index (χ3n) is 4.34. The van der Waals surface area contributed by atoms with Crippen LogP contribution in [0.5, 0.6) is 0 Å². The summed E-state index contributed by atoms with van der Waals surface area (Å²) in [5.41, 5.74) is 3.47. The van der Waals surface area contributed by atoms with Gasteiger partial charge in [0.2, 0.25) is 0 Å². The van der Waals surface area contributed by atoms with Gasteiger partial charge in [0.1, 0.15) is 0 Å². The van der Waals surface area contributed by atoms with Crippen LogP contribution in [-0.2, 0) is 13.0 Å². The molecule has 1 amide bonds. The molecule has 3 aromatic rings. The average molecular weight is 312 g/mol. The lowest BCUT2D eigenvalue weighted by atomic mass is 10.0. The van der Waals surface area contributed by atoms with Crippen LogP contribution in [0.2, 0.25) is 0 Å². The van der Waals surface area contributed by atoms with Crippen molar-refractivity contribution in [2.75, 3.05) is 6.54 Å². The van der Waals surface area contributed by atoms with Crippen LogP contribution in [0.3, 0.4) is 0 Å². The van der Waals surface area contributed by atoms with E-state index in [9.17, 15) is 13.6 Å². The Morgan fingerprint density at radius 1 is 1.09 bits per heavy atom. The third kappa shape index (κ3) is 2.29. The molecule has 0 spiro atoms. The zero-order chi connectivity index (χ0) is 16.0. The fraction of sp³-hybridized carbons (Fsp3) is 0.167. The maximum Gasteiger partial charge on any atom is 0.254 e. The molecule has 0 bridgehead atoms. The number of nitrogens with one attached hydrogen (secondary N) is 1. The molecule has 0 fully saturated rings. The maximum absolute atomic E-state index is 13.4. The van der Waals surface area contributed by atoms with Crippen molar-refractivity contribution in [2.24, 2.45) is 0 Å². The number of nitrogens with zero attached hydrogens (tertiary/aromatic N) is 1. The number of benzene rings is 2. The number of hydrogen-bond acceptors (Lipinski definition) is 1. The number of para-hydroxylation sites is 1. The normalized spacial score (nSPS) is 14.1. The summed E-state index contributed by atoms with van der Waals surface area (Å²) in [4.78, 5) is 17.6. The molecule has 1 aromatic heterocycles. The molecule has 0 aliphatic carbocycles. The van der Waals surface area contributed by atoms with E-state index in [2.05, 4.69) is 4.98 Å². The summed E-state index contributed by atoms with van der Waals surface area (Å²) in [5, 5.41) is 1.10. The molecule has 3 nitrogen and oxygen atoms in total. The molecule has 4 rings (SSSR count). The van der Waals surface area contributed by atoms with Crippen molar-refractivity contribution < 1.29 is 13.6 Å². The largest absolute Gasteiger partial charge is 0.358 e. The van der Waals surface area contributed by atoms with Crippen molar-refractivity contribution in [3.63, 3.8) is 0 Å². The zero-order valence-electron chi connectivity index (χ0n) is 12.3. The minimum Gasteiger partial charge on any atom is -0.358 e. The van der Waals surface area contributed by atoms with Crippen molar-refractivity contribution in [3.05, 3.63) is 70.9 Å². The van der Waals surface area contributed by atoms with Crippen LogP contribution < -0.4 is 0 Å². The van der Waals surface area contributed by atoms with Gasteiger partial charge in [0.05, 0.1) is 0 Å². The molecule has 0 atom stereocenters. The van der Waals surface area contributed by atoms with Crippen LogP contribution in [0.4, 0.5) is 8.78 Å². The van der Waals surface area contributed by atoms with E-state index < -0.39 is 11.6 Å². The SMILES string of the molecule is O=C(c1ccc(F)c(F)c1)N1CCc2[nH]c3ccccc3c2C1. The van der Waals surface area contributed by atoms with Gasteiger partial charge >= 0.3 is 0 Å². The fourth-order valence-electron chi connectivity index (χ4n) is 3.15. The van der Waals surface area contributed by atoms with Crippen LogP contribution in [0.1, 0.15) is 21.6 Å². The molecular weight excluding hydrogens is 298 g/mol. The van der Waals surface area contributed by atoms with Gasteiger partial charge in [-0.3, -0.25) is 4.79 Å². The molecule has 1 N–H and O–H groups in total. The van der Waals surface area contributed by atoms with E-state index in [0.717, 1.165) is 40.7 Å². The predicted octanol–water partition coefficient (Wildman–Crippen LogP) is 3.64. The first-order chi connectivity index (χ1) is 11.1. The van der Waals surface area contributed by atoms with Gasteiger partial charge in [-0.2, -0.15) is 0 Å². The Morgan fingerprint density at radius 2 is 1.91 bits per heavy atom. The molecule has 2 heterocycles. The van der Waals surface area contributed by atoms with E-state index >= 15 is 0 Å². The summed E-state index contributed by atoms with van der Waals surface area (Å²) in [7, 11) is 0. The average Bonchev–Trinajstić information content (AvgIpc) is 2.94. The highest BCUT2D eigenvalue weighted by atomic mass is 19.2. The minimum atomic E-state index is -0.999. The van der Waals surface area contributed by atoms with Gasteiger partial charge in [-0.15, -0.1) is 0 Å². The van der Waals surface area contributed by atoms with Gasteiger partial charge in [-0.25, -0.2) is 8.78 Å². The highest BCUT2D eigenvalue weighted by Gasteiger charge is 2.25. The first kappa shape index (κ1) is 13.9. The third-order valence-corrected chi connectivity index (χ3v) is 4.34. The predicted molar refractivity (Wildman–Crippen MR) is 83.1 cm³/mol. The molecule has 0 unspecified atom stereocenters. The van der Waals surface area contributed by atoms with Crippen molar-refractivity contribution in [1.29, 1.82) is 0 Å². The summed E-state index contributed by atoms with van der Waals surface area (Å²) < 4.78 is 26.4. The second-order valence-electron chi connectivity index (χ2n) is 5.73. The van der Waals surface area contributed by atoms with Crippen LogP contribution in [0, 0.1) is 11.6 Å². The highest BCUT2D eigenvalue weighted by Crippen LogP contribution is 2.28. The smallest absolute Gasteiger partial charge is 0.254 e. The Balaban J connectivity index is 1.67. The molecule has 116 valence electrons. The zero-order valence-corrected chi connectivity index (χ0v) is 12.3. The molecule has 0 saturated carbocycles. The molecule has 0 saturated heterocycles. The Labute approximate surface area is 131 Å². The van der Waals surface area contributed by atoms with E-state index in [-0.39, 0.29) is 11.5 Å². The van der Waals surface area contributed by atoms with Crippen LogP contribution in [-0.4, -0.2) is 22.3 Å². The number of carbonyl (C=O) groups is 1. The Hall–Kier alpha value is -2.69. The van der Waals surface area contributed by atoms with Crippen molar-refractivity contribution in [2.45, 2.75) is 13.0 Å². The minimum absolute atomic E-state index is 0.173. The Kier molecular flexibility index (Phi) is 3.15. The summed E-state index contributed by atoms with van der Waals surface area (Å²) in [6.07, 6.45) is 0.722. The topological polar surface area (TPSA) is 36.1 Å². The molecule has 0 radical (unpaired) electrons. The van der Waals surface area contributed by atoms with E-state index in [4.69, 9.17) is 0 Å². The van der Waals surface area contributed by atoms with Gasteiger partial charge in [0, 0.05) is 47.2 Å². The van der Waals surface area contributed by atoms with Gasteiger partial charge in [0.25, 0.3) is 5.91 Å². The maximum atomic E-state index is 13.4. The molecule has 5 heteroatoms. The second-order valence-corrected chi connectivity index (χ2v) is 5.73. The van der Waals surface area contributed by atoms with E-state index in [1.54, 1.807) is 4.90 Å². The summed E-state index contributed by atoms with van der Waals surface area (Å²) in [5.74, 6) is -2.22. The number of fused-ring (bicyclic) bond motifs is 3. The Morgan fingerprint density at radius 3 is 2.74 bits per heavy atom. The number of hydrogen-bond donors (Lipinski definition) is 1. The van der Waals surface area contributed by atoms with E-state index in [1.165, 1.54) is 6.07 Å². The lowest BCUT2D eigenvalue weighted by Gasteiger charge is -2.27. The number of aromatic nitrogens is 1. The fourth-order valence-corrected chi connectivity index (χ4v) is 3.15. The molecule has 2 aromatic carbocycles.